The number of halogens is 2. The monoisotopic (exact) mass is 212 g/mol. The van der Waals surface area contributed by atoms with Crippen LogP contribution >= 0.6 is 35.0 Å². The minimum atomic E-state index is -1.10. The molecule has 1 aromatic heterocycles. The quantitative estimate of drug-likeness (QED) is 0.558. The molecule has 0 aromatic carbocycles. The van der Waals surface area contributed by atoms with Gasteiger partial charge in [-0.2, -0.15) is 4.98 Å². The Morgan fingerprint density at radius 3 is 2.45 bits per heavy atom. The molecule has 0 saturated carbocycles. The highest BCUT2D eigenvalue weighted by Crippen LogP contribution is 2.32. The molecule has 0 aliphatic carbocycles. The van der Waals surface area contributed by atoms with Gasteiger partial charge in [0, 0.05) is 0 Å². The van der Waals surface area contributed by atoms with E-state index in [1.54, 1.807) is 6.92 Å². The van der Waals surface area contributed by atoms with Crippen molar-refractivity contribution in [2.24, 2.45) is 0 Å². The lowest BCUT2D eigenvalue weighted by atomic mass is 10.5. The number of thioether (sulfide) groups is 1. The number of nitrogens with zero attached hydrogens (tertiary/aromatic N) is 2. The Morgan fingerprint density at radius 1 is 1.55 bits per heavy atom. The molecular weight excluding hydrogens is 207 g/mol. The summed E-state index contributed by atoms with van der Waals surface area (Å²) in [5.41, 5.74) is 0. The van der Waals surface area contributed by atoms with Crippen LogP contribution in [0.2, 0.25) is 0 Å². The van der Waals surface area contributed by atoms with Crippen LogP contribution in [0.3, 0.4) is 0 Å². The largest absolute Gasteiger partial charge is 0.335 e. The van der Waals surface area contributed by atoms with Gasteiger partial charge in [0.25, 0.3) is 5.89 Å². The molecule has 0 bridgehead atoms. The van der Waals surface area contributed by atoms with Gasteiger partial charge in [0.05, 0.1) is 0 Å². The van der Waals surface area contributed by atoms with Gasteiger partial charge in [-0.05, 0) is 13.2 Å². The van der Waals surface area contributed by atoms with Gasteiger partial charge < -0.3 is 4.52 Å². The van der Waals surface area contributed by atoms with Crippen molar-refractivity contribution < 1.29 is 4.52 Å². The van der Waals surface area contributed by atoms with Crippen LogP contribution in [0.5, 0.6) is 0 Å². The molecule has 0 aliphatic rings. The maximum Gasteiger partial charge on any atom is 0.263 e. The van der Waals surface area contributed by atoms with E-state index in [0.29, 0.717) is 5.16 Å². The fraction of sp³-hybridized carbons (Fsp3) is 0.600. The van der Waals surface area contributed by atoms with Crippen molar-refractivity contribution in [3.05, 3.63) is 5.89 Å². The Hall–Kier alpha value is 0.0700. The minimum Gasteiger partial charge on any atom is -0.335 e. The van der Waals surface area contributed by atoms with Crippen LogP contribution in [0.15, 0.2) is 9.68 Å². The third kappa shape index (κ3) is 2.25. The molecule has 0 fully saturated rings. The van der Waals surface area contributed by atoms with Gasteiger partial charge >= 0.3 is 0 Å². The average molecular weight is 213 g/mol. The number of alkyl halides is 2. The summed E-state index contributed by atoms with van der Waals surface area (Å²) in [6.07, 6.45) is 1.84. The highest BCUT2D eigenvalue weighted by Gasteiger charge is 2.27. The number of hydrogen-bond donors (Lipinski definition) is 0. The second-order valence-corrected chi connectivity index (χ2v) is 4.45. The Morgan fingerprint density at radius 2 is 2.18 bits per heavy atom. The first-order valence-electron chi connectivity index (χ1n) is 2.80. The third-order valence-corrected chi connectivity index (χ3v) is 1.82. The molecule has 0 aliphatic heterocycles. The summed E-state index contributed by atoms with van der Waals surface area (Å²) in [6, 6.07) is 0. The van der Waals surface area contributed by atoms with Crippen LogP contribution in [-0.2, 0) is 4.33 Å². The van der Waals surface area contributed by atoms with Crippen LogP contribution in [0.1, 0.15) is 12.8 Å². The van der Waals surface area contributed by atoms with Gasteiger partial charge in [-0.1, -0.05) is 40.1 Å². The fourth-order valence-corrected chi connectivity index (χ4v) is 0.911. The second kappa shape index (κ2) is 3.21. The first-order chi connectivity index (χ1) is 5.04. The normalized spacial score (nSPS) is 12.0. The molecule has 6 heteroatoms. The van der Waals surface area contributed by atoms with E-state index in [1.165, 1.54) is 11.8 Å². The molecule has 1 rings (SSSR count). The third-order valence-electron chi connectivity index (χ3n) is 0.966. The number of hydrogen-bond acceptors (Lipinski definition) is 4. The van der Waals surface area contributed by atoms with Gasteiger partial charge in [0.1, 0.15) is 0 Å². The summed E-state index contributed by atoms with van der Waals surface area (Å²) in [5.74, 6) is 0.227. The van der Waals surface area contributed by atoms with Crippen molar-refractivity contribution in [3.8, 4) is 0 Å². The molecule has 0 radical (unpaired) electrons. The molecule has 0 amide bonds. The molecule has 0 saturated heterocycles. The predicted octanol–water partition coefficient (Wildman–Crippen LogP) is 2.44. The Kier molecular flexibility index (Phi) is 2.67. The van der Waals surface area contributed by atoms with E-state index in [0.717, 1.165) is 0 Å². The standard InChI is InChI=1S/C5H6Cl2N2OS/c1-5(6,7)3-8-4(11-2)9-10-3/h1-2H3. The van der Waals surface area contributed by atoms with Crippen molar-refractivity contribution in [1.29, 1.82) is 0 Å². The summed E-state index contributed by atoms with van der Waals surface area (Å²) < 4.78 is 3.68. The van der Waals surface area contributed by atoms with Crippen molar-refractivity contribution in [2.45, 2.75) is 16.4 Å². The van der Waals surface area contributed by atoms with E-state index < -0.39 is 4.33 Å². The van der Waals surface area contributed by atoms with Crippen LogP contribution in [0.4, 0.5) is 0 Å². The fourth-order valence-electron chi connectivity index (χ4n) is 0.471. The van der Waals surface area contributed by atoms with Crippen molar-refractivity contribution in [3.63, 3.8) is 0 Å². The van der Waals surface area contributed by atoms with Gasteiger partial charge in [-0.3, -0.25) is 0 Å². The summed E-state index contributed by atoms with van der Waals surface area (Å²) >= 11 is 12.8. The molecule has 1 heterocycles. The highest BCUT2D eigenvalue weighted by atomic mass is 35.5. The van der Waals surface area contributed by atoms with Gasteiger partial charge in [-0.25, -0.2) is 0 Å². The topological polar surface area (TPSA) is 38.9 Å². The molecule has 62 valence electrons. The molecule has 0 atom stereocenters. The molecule has 0 unspecified atom stereocenters. The Balaban J connectivity index is 2.89. The SMILES string of the molecule is CSc1noc(C(C)(Cl)Cl)n1. The lowest BCUT2D eigenvalue weighted by Crippen LogP contribution is -2.03. The van der Waals surface area contributed by atoms with E-state index in [9.17, 15) is 0 Å². The summed E-state index contributed by atoms with van der Waals surface area (Å²) in [4.78, 5) is 3.92. The predicted molar refractivity (Wildman–Crippen MR) is 45.1 cm³/mol. The molecule has 3 nitrogen and oxygen atoms in total. The second-order valence-electron chi connectivity index (χ2n) is 1.97. The molecule has 0 spiro atoms. The maximum atomic E-state index is 5.69. The first kappa shape index (κ1) is 9.16. The van der Waals surface area contributed by atoms with E-state index in [-0.39, 0.29) is 5.89 Å². The molecular formula is C5H6Cl2N2OS. The molecule has 11 heavy (non-hydrogen) atoms. The van der Waals surface area contributed by atoms with E-state index in [4.69, 9.17) is 27.7 Å². The smallest absolute Gasteiger partial charge is 0.263 e. The molecule has 1 aromatic rings. The van der Waals surface area contributed by atoms with Crippen molar-refractivity contribution in [2.75, 3.05) is 6.26 Å². The summed E-state index contributed by atoms with van der Waals surface area (Å²) in [6.45, 7) is 1.58. The summed E-state index contributed by atoms with van der Waals surface area (Å²) in [5, 5.41) is 4.14. The lowest BCUT2D eigenvalue weighted by Gasteiger charge is -2.03. The zero-order chi connectivity index (χ0) is 8.48. The van der Waals surface area contributed by atoms with E-state index in [2.05, 4.69) is 10.1 Å². The van der Waals surface area contributed by atoms with Crippen LogP contribution < -0.4 is 0 Å². The lowest BCUT2D eigenvalue weighted by molar-refractivity contribution is 0.361. The van der Waals surface area contributed by atoms with E-state index in [1.807, 2.05) is 6.26 Å². The van der Waals surface area contributed by atoms with Gasteiger partial charge in [-0.15, -0.1) is 0 Å². The zero-order valence-electron chi connectivity index (χ0n) is 5.97. The Labute approximate surface area is 78.4 Å². The number of rotatable bonds is 2. The van der Waals surface area contributed by atoms with Crippen LogP contribution in [0.25, 0.3) is 0 Å². The first-order valence-corrected chi connectivity index (χ1v) is 4.78. The van der Waals surface area contributed by atoms with E-state index >= 15 is 0 Å². The van der Waals surface area contributed by atoms with Crippen LogP contribution in [-0.4, -0.2) is 16.4 Å². The van der Waals surface area contributed by atoms with Gasteiger partial charge in [0.15, 0.2) is 4.33 Å². The van der Waals surface area contributed by atoms with Gasteiger partial charge in [0.2, 0.25) is 5.16 Å². The highest BCUT2D eigenvalue weighted by molar-refractivity contribution is 7.98. The summed E-state index contributed by atoms with van der Waals surface area (Å²) in [7, 11) is 0. The Bertz CT molecular complexity index is 245. The van der Waals surface area contributed by atoms with Crippen molar-refractivity contribution >= 4 is 35.0 Å². The van der Waals surface area contributed by atoms with Crippen molar-refractivity contribution in [1.82, 2.24) is 10.1 Å². The minimum absolute atomic E-state index is 0.227. The van der Waals surface area contributed by atoms with Crippen LogP contribution in [0, 0.1) is 0 Å². The molecule has 0 N–H and O–H groups in total. The number of aromatic nitrogens is 2. The maximum absolute atomic E-state index is 5.69. The zero-order valence-corrected chi connectivity index (χ0v) is 8.30. The average Bonchev–Trinajstić information content (AvgIpc) is 2.32.